The van der Waals surface area contributed by atoms with Gasteiger partial charge in [-0.05, 0) is 142 Å². The van der Waals surface area contributed by atoms with Crippen molar-refractivity contribution in [2.75, 3.05) is 20.1 Å². The number of carbonyl (C=O) groups excluding carboxylic acids is 3. The molecular formula is C41H70N2O5. The van der Waals surface area contributed by atoms with E-state index in [2.05, 4.69) is 46.9 Å². The lowest BCUT2D eigenvalue weighted by molar-refractivity contribution is -0.203. The highest BCUT2D eigenvalue weighted by atomic mass is 16.6. The van der Waals surface area contributed by atoms with Crippen molar-refractivity contribution in [1.29, 1.82) is 0 Å². The first kappa shape index (κ1) is 38.9. The molecule has 5 unspecified atom stereocenters. The van der Waals surface area contributed by atoms with E-state index in [-0.39, 0.29) is 51.7 Å². The van der Waals surface area contributed by atoms with Gasteiger partial charge < -0.3 is 20.1 Å². The summed E-state index contributed by atoms with van der Waals surface area (Å²) < 4.78 is 5.21. The predicted octanol–water partition coefficient (Wildman–Crippen LogP) is 8.73. The number of ether oxygens (including phenoxy) is 1. The second-order valence-corrected chi connectivity index (χ2v) is 18.3. The SMILES string of the molecule is CC.CC(C)(C)OC(=O)N1CCCC1.CNC(=O)C12CCC3C(CCC4[C@@]3(C)CCC3C(C)(C)[C@@H](O)CC[C@@]34C)C1=C(C(C)C)C(=O)C2. The molecule has 7 nitrogen and oxygen atoms in total. The van der Waals surface area contributed by atoms with Crippen molar-refractivity contribution in [2.45, 2.75) is 158 Å². The van der Waals surface area contributed by atoms with Gasteiger partial charge in [-0.3, -0.25) is 9.59 Å². The van der Waals surface area contributed by atoms with Crippen LogP contribution in [0.1, 0.15) is 147 Å². The number of fused-ring (bicyclic) bond motifs is 7. The molecule has 6 rings (SSSR count). The Morgan fingerprint density at radius 1 is 0.896 bits per heavy atom. The van der Waals surface area contributed by atoms with Crippen molar-refractivity contribution < 1.29 is 24.2 Å². The maximum Gasteiger partial charge on any atom is 0.410 e. The topological polar surface area (TPSA) is 95.9 Å². The fraction of sp³-hybridized carbons (Fsp3) is 0.878. The summed E-state index contributed by atoms with van der Waals surface area (Å²) in [6.45, 7) is 25.4. The summed E-state index contributed by atoms with van der Waals surface area (Å²) in [4.78, 5) is 39.8. The Morgan fingerprint density at radius 3 is 2.06 bits per heavy atom. The van der Waals surface area contributed by atoms with Gasteiger partial charge in [0.2, 0.25) is 5.91 Å². The van der Waals surface area contributed by atoms with Crippen LogP contribution in [0.3, 0.4) is 0 Å². The highest BCUT2D eigenvalue weighted by Gasteiger charge is 2.67. The average Bonchev–Trinajstić information content (AvgIpc) is 3.66. The third-order valence-corrected chi connectivity index (χ3v) is 14.0. The Balaban J connectivity index is 0.000000313. The molecule has 48 heavy (non-hydrogen) atoms. The molecule has 0 aromatic rings. The summed E-state index contributed by atoms with van der Waals surface area (Å²) in [6.07, 6.45) is 10.8. The quantitative estimate of drug-likeness (QED) is 0.306. The molecule has 0 aromatic carbocycles. The summed E-state index contributed by atoms with van der Waals surface area (Å²) in [5.74, 6) is 2.58. The monoisotopic (exact) mass is 671 g/mol. The zero-order valence-electron chi connectivity index (χ0n) is 32.7. The summed E-state index contributed by atoms with van der Waals surface area (Å²) in [5.41, 5.74) is 1.74. The van der Waals surface area contributed by atoms with E-state index in [1.165, 1.54) is 24.8 Å². The van der Waals surface area contributed by atoms with Crippen LogP contribution in [0.25, 0.3) is 0 Å². The molecule has 8 atom stereocenters. The molecule has 6 aliphatic rings. The van der Waals surface area contributed by atoms with Gasteiger partial charge in [0.15, 0.2) is 5.78 Å². The molecule has 0 spiro atoms. The number of allylic oxidation sites excluding steroid dienone is 1. The lowest BCUT2D eigenvalue weighted by Gasteiger charge is -2.68. The molecule has 1 heterocycles. The molecule has 0 radical (unpaired) electrons. The molecule has 5 aliphatic carbocycles. The summed E-state index contributed by atoms with van der Waals surface area (Å²) in [5, 5.41) is 13.8. The lowest BCUT2D eigenvalue weighted by Crippen LogP contribution is -2.63. The zero-order valence-corrected chi connectivity index (χ0v) is 32.7. The summed E-state index contributed by atoms with van der Waals surface area (Å²) >= 11 is 0. The van der Waals surface area contributed by atoms with E-state index in [1.54, 1.807) is 11.9 Å². The number of nitrogens with one attached hydrogen (secondary N) is 1. The number of rotatable bonds is 2. The Labute approximate surface area is 292 Å². The van der Waals surface area contributed by atoms with Crippen molar-refractivity contribution in [3.05, 3.63) is 11.1 Å². The van der Waals surface area contributed by atoms with Crippen LogP contribution in [-0.2, 0) is 14.3 Å². The highest BCUT2D eigenvalue weighted by molar-refractivity contribution is 6.06. The number of aliphatic hydroxyl groups excluding tert-OH is 1. The van der Waals surface area contributed by atoms with Crippen LogP contribution >= 0.6 is 0 Å². The van der Waals surface area contributed by atoms with E-state index in [0.717, 1.165) is 63.6 Å². The van der Waals surface area contributed by atoms with E-state index in [4.69, 9.17) is 4.74 Å². The highest BCUT2D eigenvalue weighted by Crippen LogP contribution is 2.72. The number of Topliss-reactive ketones (excluding diaryl/α,β-unsaturated/α-hetero) is 1. The first-order valence-electron chi connectivity index (χ1n) is 19.5. The van der Waals surface area contributed by atoms with Gasteiger partial charge in [-0.15, -0.1) is 0 Å². The van der Waals surface area contributed by atoms with Crippen molar-refractivity contribution >= 4 is 17.8 Å². The van der Waals surface area contributed by atoms with Crippen LogP contribution < -0.4 is 5.32 Å². The van der Waals surface area contributed by atoms with Crippen LogP contribution in [0.15, 0.2) is 11.1 Å². The van der Waals surface area contributed by atoms with Gasteiger partial charge in [-0.2, -0.15) is 0 Å². The molecule has 274 valence electrons. The fourth-order valence-corrected chi connectivity index (χ4v) is 12.0. The average molecular weight is 671 g/mol. The Kier molecular flexibility index (Phi) is 11.4. The van der Waals surface area contributed by atoms with Gasteiger partial charge >= 0.3 is 6.09 Å². The van der Waals surface area contributed by atoms with E-state index >= 15 is 0 Å². The Morgan fingerprint density at radius 2 is 1.50 bits per heavy atom. The van der Waals surface area contributed by atoms with Crippen LogP contribution in [0.4, 0.5) is 4.79 Å². The standard InChI is InChI=1S/C30H47NO3.C9H17NO2.C2H6/c1-17(2)24-20(32)16-30(26(34)31-7)15-10-19-18(25(24)30)8-9-22-28(19,5)13-11-21-27(3,4)23(33)12-14-29(21,22)6;1-9(2,3)12-8(11)10-6-4-5-7-10;1-2/h17-19,21-23,33H,8-16H2,1-7H3,(H,31,34);4-7H2,1-3H3;1-2H3/t18?,19?,21?,22?,23-,28-,29-,30?;;/m0../s1. The third-order valence-electron chi connectivity index (χ3n) is 14.0. The summed E-state index contributed by atoms with van der Waals surface area (Å²) in [7, 11) is 1.73. The van der Waals surface area contributed by atoms with Crippen LogP contribution in [-0.4, -0.2) is 59.6 Å². The van der Waals surface area contributed by atoms with Crippen molar-refractivity contribution in [3.63, 3.8) is 0 Å². The molecule has 5 fully saturated rings. The van der Waals surface area contributed by atoms with Gasteiger partial charge in [-0.25, -0.2) is 4.79 Å². The smallest absolute Gasteiger partial charge is 0.410 e. The first-order chi connectivity index (χ1) is 22.3. The van der Waals surface area contributed by atoms with Crippen molar-refractivity contribution in [2.24, 2.45) is 51.2 Å². The molecule has 1 saturated heterocycles. The lowest BCUT2D eigenvalue weighted by atomic mass is 9.36. The first-order valence-corrected chi connectivity index (χ1v) is 19.5. The van der Waals surface area contributed by atoms with Gasteiger partial charge in [0.05, 0.1) is 11.5 Å². The number of ketones is 1. The fourth-order valence-electron chi connectivity index (χ4n) is 12.0. The third kappa shape index (κ3) is 6.52. The van der Waals surface area contributed by atoms with Crippen molar-refractivity contribution in [3.8, 4) is 0 Å². The van der Waals surface area contributed by atoms with Crippen LogP contribution in [0.5, 0.6) is 0 Å². The largest absolute Gasteiger partial charge is 0.444 e. The van der Waals surface area contributed by atoms with E-state index in [9.17, 15) is 19.5 Å². The maximum absolute atomic E-state index is 13.3. The second kappa shape index (κ2) is 14.0. The minimum Gasteiger partial charge on any atom is -0.444 e. The molecule has 2 amide bonds. The van der Waals surface area contributed by atoms with Crippen molar-refractivity contribution in [1.82, 2.24) is 10.2 Å². The number of aliphatic hydroxyl groups is 1. The molecular weight excluding hydrogens is 600 g/mol. The maximum atomic E-state index is 13.3. The predicted molar refractivity (Wildman–Crippen MR) is 193 cm³/mol. The molecule has 2 N–H and O–H groups in total. The minimum absolute atomic E-state index is 0.0304. The van der Waals surface area contributed by atoms with Gasteiger partial charge in [0.1, 0.15) is 5.60 Å². The van der Waals surface area contributed by atoms with Crippen LogP contribution in [0, 0.1) is 51.2 Å². The number of hydrogen-bond donors (Lipinski definition) is 2. The zero-order chi connectivity index (χ0) is 36.0. The normalized spacial score (nSPS) is 38.3. The Hall–Kier alpha value is -1.89. The molecule has 4 saturated carbocycles. The number of hydrogen-bond acceptors (Lipinski definition) is 5. The Bertz CT molecular complexity index is 1240. The van der Waals surface area contributed by atoms with E-state index < -0.39 is 5.41 Å². The minimum atomic E-state index is -0.603. The number of likely N-dealkylation sites (tertiary alicyclic amines) is 1. The number of carbonyl (C=O) groups is 3. The number of nitrogens with zero attached hydrogens (tertiary/aromatic N) is 1. The van der Waals surface area contributed by atoms with E-state index in [0.29, 0.717) is 30.1 Å². The summed E-state index contributed by atoms with van der Waals surface area (Å²) in [6, 6.07) is 0. The van der Waals surface area contributed by atoms with Gasteiger partial charge in [-0.1, -0.05) is 55.4 Å². The number of amides is 2. The second-order valence-electron chi connectivity index (χ2n) is 18.3. The van der Waals surface area contributed by atoms with E-state index in [1.807, 2.05) is 34.6 Å². The molecule has 1 aliphatic heterocycles. The van der Waals surface area contributed by atoms with Gasteiger partial charge in [0.25, 0.3) is 0 Å². The van der Waals surface area contributed by atoms with Gasteiger partial charge in [0, 0.05) is 26.6 Å². The van der Waals surface area contributed by atoms with Crippen LogP contribution in [0.2, 0.25) is 0 Å². The molecule has 0 aromatic heterocycles. The molecule has 0 bridgehead atoms. The molecule has 7 heteroatoms.